The zero-order valence-corrected chi connectivity index (χ0v) is 19.4. The normalized spacial score (nSPS) is 10.7. The van der Waals surface area contributed by atoms with Crippen molar-refractivity contribution in [2.24, 2.45) is 11.5 Å². The Kier molecular flexibility index (Phi) is 11.1. The van der Waals surface area contributed by atoms with Gasteiger partial charge in [-0.3, -0.25) is 10.1 Å². The Labute approximate surface area is 186 Å². The Hall–Kier alpha value is -2.54. The first-order valence-electron chi connectivity index (χ1n) is 9.71. The van der Waals surface area contributed by atoms with Crippen LogP contribution in [0.15, 0.2) is 24.8 Å². The van der Waals surface area contributed by atoms with Gasteiger partial charge in [-0.05, 0) is 47.6 Å². The number of carbonyl (C=O) groups excluding carboxylic acids is 2. The van der Waals surface area contributed by atoms with Crippen LogP contribution in [0.2, 0.25) is 0 Å². The highest BCUT2D eigenvalue weighted by Crippen LogP contribution is 2.34. The Balaban J connectivity index is 0.000000330. The number of thiophene rings is 1. The molecule has 2 aromatic heterocycles. The van der Waals surface area contributed by atoms with Crippen molar-refractivity contribution >= 4 is 35.6 Å². The zero-order chi connectivity index (χ0) is 23.6. The van der Waals surface area contributed by atoms with Crippen LogP contribution in [-0.2, 0) is 14.0 Å². The number of carbonyl (C=O) groups is 2. The third-order valence-corrected chi connectivity index (χ3v) is 4.33. The average Bonchev–Trinajstić information content (AvgIpc) is 3.04. The number of anilines is 1. The fourth-order valence-corrected chi connectivity index (χ4v) is 3.15. The summed E-state index contributed by atoms with van der Waals surface area (Å²) in [6.45, 7) is 11.8. The second-order valence-electron chi connectivity index (χ2n) is 7.18. The minimum atomic E-state index is -0.754. The third-order valence-electron chi connectivity index (χ3n) is 3.23. The molecule has 0 spiro atoms. The van der Waals surface area contributed by atoms with E-state index in [2.05, 4.69) is 15.3 Å². The average molecular weight is 451 g/mol. The molecule has 2 rings (SSSR count). The molecule has 0 bridgehead atoms. The van der Waals surface area contributed by atoms with Gasteiger partial charge in [0.15, 0.2) is 0 Å². The summed E-state index contributed by atoms with van der Waals surface area (Å²) >= 11 is 1.18. The Morgan fingerprint density at radius 3 is 1.84 bits per heavy atom. The zero-order valence-electron chi connectivity index (χ0n) is 18.6. The molecule has 0 saturated carbocycles. The number of nitrogens with one attached hydrogen (secondary N) is 1. The van der Waals surface area contributed by atoms with E-state index in [9.17, 15) is 9.59 Å². The minimum Gasteiger partial charge on any atom is -0.384 e. The molecule has 2 aromatic rings. The lowest BCUT2D eigenvalue weighted by atomic mass is 10.2. The van der Waals surface area contributed by atoms with Crippen molar-refractivity contribution in [3.05, 3.63) is 30.4 Å². The summed E-state index contributed by atoms with van der Waals surface area (Å²) in [5.74, 6) is -0.641. The topological polar surface area (TPSA) is 152 Å². The summed E-state index contributed by atoms with van der Waals surface area (Å²) in [6, 6.07) is 0.812. The molecule has 0 radical (unpaired) electrons. The summed E-state index contributed by atoms with van der Waals surface area (Å²) in [7, 11) is -0.542. The second-order valence-corrected chi connectivity index (χ2v) is 8.23. The number of urea groups is 1. The molecule has 31 heavy (non-hydrogen) atoms. The number of nitrogens with zero attached hydrogens (tertiary/aromatic N) is 2. The number of nitrogens with two attached hydrogens (primary N) is 2. The first-order chi connectivity index (χ1) is 14.5. The summed E-state index contributed by atoms with van der Waals surface area (Å²) < 4.78 is 16.3. The van der Waals surface area contributed by atoms with Crippen LogP contribution in [-0.4, -0.2) is 47.5 Å². The molecule has 0 aliphatic carbocycles. The first kappa shape index (κ1) is 26.5. The van der Waals surface area contributed by atoms with Gasteiger partial charge in [0.2, 0.25) is 0 Å². The molecule has 170 valence electrons. The molecule has 3 amide bonds. The van der Waals surface area contributed by atoms with Gasteiger partial charge in [0, 0.05) is 41.1 Å². The van der Waals surface area contributed by atoms with Crippen LogP contribution < -0.4 is 16.8 Å². The molecule has 0 aromatic carbocycles. The molecule has 12 heteroatoms. The van der Waals surface area contributed by atoms with Gasteiger partial charge in [-0.2, -0.15) is 0 Å². The molecule has 0 fully saturated rings. The van der Waals surface area contributed by atoms with Gasteiger partial charge in [-0.15, -0.1) is 11.3 Å². The van der Waals surface area contributed by atoms with Gasteiger partial charge in [-0.1, -0.05) is 0 Å². The van der Waals surface area contributed by atoms with Gasteiger partial charge in [-0.25, -0.2) is 14.8 Å². The lowest BCUT2D eigenvalue weighted by molar-refractivity contribution is 0.0335. The fourth-order valence-electron chi connectivity index (χ4n) is 2.11. The van der Waals surface area contributed by atoms with Gasteiger partial charge < -0.3 is 25.4 Å². The Morgan fingerprint density at radius 1 is 0.968 bits per heavy atom. The van der Waals surface area contributed by atoms with Crippen LogP contribution in [0.4, 0.5) is 9.80 Å². The largest absolute Gasteiger partial charge is 0.639 e. The summed E-state index contributed by atoms with van der Waals surface area (Å²) in [4.78, 5) is 30.5. The molecular formula is C19H30BN5O5S. The second kappa shape index (κ2) is 13.0. The lowest BCUT2D eigenvalue weighted by Gasteiger charge is -2.20. The van der Waals surface area contributed by atoms with E-state index >= 15 is 0 Å². The highest BCUT2D eigenvalue weighted by atomic mass is 32.1. The molecule has 5 N–H and O–H groups in total. The van der Waals surface area contributed by atoms with Crippen LogP contribution in [0.5, 0.6) is 0 Å². The van der Waals surface area contributed by atoms with Crippen LogP contribution in [0, 0.1) is 0 Å². The van der Waals surface area contributed by atoms with Crippen molar-refractivity contribution in [1.82, 2.24) is 9.97 Å². The van der Waals surface area contributed by atoms with Gasteiger partial charge in [0.25, 0.3) is 5.91 Å². The molecule has 0 aliphatic heterocycles. The number of aromatic nitrogens is 2. The number of rotatable bonds is 9. The third kappa shape index (κ3) is 10.4. The maximum atomic E-state index is 11.3. The van der Waals surface area contributed by atoms with E-state index in [1.165, 1.54) is 17.7 Å². The van der Waals surface area contributed by atoms with E-state index < -0.39 is 19.3 Å². The number of primary amides is 2. The maximum absolute atomic E-state index is 11.3. The quantitative estimate of drug-likeness (QED) is 0.496. The van der Waals surface area contributed by atoms with Crippen LogP contribution in [0.25, 0.3) is 10.4 Å². The molecule has 2 heterocycles. The number of amides is 3. The first-order valence-corrected chi connectivity index (χ1v) is 10.5. The van der Waals surface area contributed by atoms with Crippen molar-refractivity contribution in [2.75, 3.05) is 5.32 Å². The number of hydrogen-bond donors (Lipinski definition) is 3. The molecule has 0 unspecified atom stereocenters. The number of hydrogen-bond acceptors (Lipinski definition) is 8. The van der Waals surface area contributed by atoms with Crippen molar-refractivity contribution in [2.45, 2.75) is 59.9 Å². The standard InChI is InChI=1S/C10H9N5O2S.C9H21BO3/c11-8(16)6-1-7(5-2-13-4-14-3-5)18-9(6)15-10(12)17;1-7(2)11-10(12-8(3)4)13-9(5)6/h1-4H,(H2,11,16)(H3,12,15,17);7-9H,1-6H3. The van der Waals surface area contributed by atoms with E-state index in [1.54, 1.807) is 18.5 Å². The molecule has 0 saturated heterocycles. The summed E-state index contributed by atoms with van der Waals surface area (Å²) in [5.41, 5.74) is 11.2. The van der Waals surface area contributed by atoms with E-state index in [0.29, 0.717) is 9.88 Å². The van der Waals surface area contributed by atoms with Crippen molar-refractivity contribution < 1.29 is 23.6 Å². The van der Waals surface area contributed by atoms with E-state index in [4.69, 9.17) is 25.4 Å². The highest BCUT2D eigenvalue weighted by molar-refractivity contribution is 7.20. The van der Waals surface area contributed by atoms with Gasteiger partial charge in [0.05, 0.1) is 5.56 Å². The van der Waals surface area contributed by atoms with Crippen molar-refractivity contribution in [3.8, 4) is 10.4 Å². The maximum Gasteiger partial charge on any atom is 0.639 e. The van der Waals surface area contributed by atoms with E-state index in [-0.39, 0.29) is 23.9 Å². The van der Waals surface area contributed by atoms with Crippen LogP contribution >= 0.6 is 11.3 Å². The molecule has 0 aliphatic rings. The Bertz CT molecular complexity index is 809. The molecule has 10 nitrogen and oxygen atoms in total. The monoisotopic (exact) mass is 451 g/mol. The lowest BCUT2D eigenvalue weighted by Crippen LogP contribution is -2.34. The molecule has 0 atom stereocenters. The van der Waals surface area contributed by atoms with Crippen LogP contribution in [0.3, 0.4) is 0 Å². The minimum absolute atomic E-state index is 0.113. The highest BCUT2D eigenvalue weighted by Gasteiger charge is 2.25. The van der Waals surface area contributed by atoms with Crippen molar-refractivity contribution in [3.63, 3.8) is 0 Å². The van der Waals surface area contributed by atoms with Crippen LogP contribution in [0.1, 0.15) is 51.9 Å². The predicted molar refractivity (Wildman–Crippen MR) is 121 cm³/mol. The van der Waals surface area contributed by atoms with Gasteiger partial charge in [0.1, 0.15) is 11.3 Å². The Morgan fingerprint density at radius 2 is 1.45 bits per heavy atom. The van der Waals surface area contributed by atoms with E-state index in [1.807, 2.05) is 41.5 Å². The van der Waals surface area contributed by atoms with Crippen molar-refractivity contribution in [1.29, 1.82) is 0 Å². The van der Waals surface area contributed by atoms with E-state index in [0.717, 1.165) is 5.56 Å². The SMILES string of the molecule is CC(C)OB(OC(C)C)OC(C)C.NC(=O)Nc1sc(-c2cncnc2)cc1C(N)=O. The molecular weight excluding hydrogens is 421 g/mol. The summed E-state index contributed by atoms with van der Waals surface area (Å²) in [5, 5.41) is 2.67. The summed E-state index contributed by atoms with van der Waals surface area (Å²) in [6.07, 6.45) is 4.93. The predicted octanol–water partition coefficient (Wildman–Crippen LogP) is 3.04. The van der Waals surface area contributed by atoms with Gasteiger partial charge >= 0.3 is 13.4 Å². The smallest absolute Gasteiger partial charge is 0.384 e. The fraction of sp³-hybridized carbons (Fsp3) is 0.474.